The molecule has 0 aromatic carbocycles. The topological polar surface area (TPSA) is 58.2 Å². The Morgan fingerprint density at radius 3 is 1.88 bits per heavy atom. The van der Waals surface area contributed by atoms with Gasteiger partial charge in [-0.3, -0.25) is 9.59 Å². The Bertz CT molecular complexity index is 246. The summed E-state index contributed by atoms with van der Waals surface area (Å²) in [6, 6.07) is -0.564. The van der Waals surface area contributed by atoms with Crippen LogP contribution < -0.4 is 10.6 Å². The van der Waals surface area contributed by atoms with Crippen molar-refractivity contribution in [3.8, 4) is 0 Å². The van der Waals surface area contributed by atoms with Crippen LogP contribution in [0.25, 0.3) is 0 Å². The number of carbonyl (C=O) groups excluding carboxylic acids is 2. The summed E-state index contributed by atoms with van der Waals surface area (Å²) in [5.41, 5.74) is 0. The highest BCUT2D eigenvalue weighted by Crippen LogP contribution is 2.14. The molecule has 0 aliphatic carbocycles. The second kappa shape index (κ2) is 8.23. The molecule has 0 unspecified atom stereocenters. The lowest BCUT2D eigenvalue weighted by atomic mass is 9.91. The molecule has 0 aromatic rings. The first-order valence-electron chi connectivity index (χ1n) is 6.49. The Morgan fingerprint density at radius 2 is 1.59 bits per heavy atom. The van der Waals surface area contributed by atoms with Crippen molar-refractivity contribution in [2.45, 2.75) is 59.0 Å². The Hall–Kier alpha value is -0.900. The third-order valence-electron chi connectivity index (χ3n) is 3.33. The van der Waals surface area contributed by atoms with Crippen molar-refractivity contribution in [1.29, 1.82) is 0 Å². The van der Waals surface area contributed by atoms with Gasteiger partial charge in [-0.2, -0.15) is 0 Å². The van der Waals surface area contributed by atoms with Crippen LogP contribution in [0.1, 0.15) is 47.0 Å². The molecule has 0 aliphatic heterocycles. The summed E-state index contributed by atoms with van der Waals surface area (Å²) in [6.07, 6.45) is 2.52. The molecule has 0 bridgehead atoms. The van der Waals surface area contributed by atoms with Crippen molar-refractivity contribution in [2.24, 2.45) is 5.92 Å². The number of amides is 1. The summed E-state index contributed by atoms with van der Waals surface area (Å²) in [5, 5.41) is 5.82. The second-order valence-electron chi connectivity index (χ2n) is 4.42. The van der Waals surface area contributed by atoms with E-state index in [1.54, 1.807) is 14.0 Å². The maximum absolute atomic E-state index is 11.9. The van der Waals surface area contributed by atoms with Crippen LogP contribution in [0, 0.1) is 5.92 Å². The van der Waals surface area contributed by atoms with E-state index < -0.39 is 0 Å². The number of nitrogens with one attached hydrogen (secondary N) is 2. The molecule has 2 N–H and O–H groups in total. The van der Waals surface area contributed by atoms with E-state index in [-0.39, 0.29) is 29.7 Å². The van der Waals surface area contributed by atoms with Gasteiger partial charge in [0, 0.05) is 0 Å². The standard InChI is InChI=1S/C13H26N2O2/c1-6-10(7-2)12(9(4)16)15-13(17)11(8-3)14-5/h10-12,14H,6-8H2,1-5H3,(H,15,17)/t11-,12+/m0/s1. The fraction of sp³-hybridized carbons (Fsp3) is 0.846. The zero-order chi connectivity index (χ0) is 13.4. The number of hydrogen-bond donors (Lipinski definition) is 2. The molecule has 17 heavy (non-hydrogen) atoms. The van der Waals surface area contributed by atoms with Gasteiger partial charge in [-0.25, -0.2) is 0 Å². The summed E-state index contributed by atoms with van der Waals surface area (Å²) in [4.78, 5) is 23.5. The first-order valence-corrected chi connectivity index (χ1v) is 6.49. The molecule has 0 spiro atoms. The van der Waals surface area contributed by atoms with Crippen molar-refractivity contribution < 1.29 is 9.59 Å². The van der Waals surface area contributed by atoms with E-state index in [9.17, 15) is 9.59 Å². The van der Waals surface area contributed by atoms with Gasteiger partial charge >= 0.3 is 0 Å². The zero-order valence-electron chi connectivity index (χ0n) is 11.7. The van der Waals surface area contributed by atoms with Crippen molar-refractivity contribution in [2.75, 3.05) is 7.05 Å². The molecule has 0 saturated carbocycles. The van der Waals surface area contributed by atoms with Crippen LogP contribution in [-0.2, 0) is 9.59 Å². The normalized spacial score (nSPS) is 14.5. The van der Waals surface area contributed by atoms with Gasteiger partial charge in [0.2, 0.25) is 5.91 Å². The van der Waals surface area contributed by atoms with Gasteiger partial charge in [0.1, 0.15) is 0 Å². The average molecular weight is 242 g/mol. The molecule has 2 atom stereocenters. The number of ketones is 1. The van der Waals surface area contributed by atoms with Crippen LogP contribution in [0.3, 0.4) is 0 Å². The lowest BCUT2D eigenvalue weighted by molar-refractivity contribution is -0.129. The van der Waals surface area contributed by atoms with Crippen LogP contribution >= 0.6 is 0 Å². The molecule has 0 fully saturated rings. The van der Waals surface area contributed by atoms with E-state index >= 15 is 0 Å². The summed E-state index contributed by atoms with van der Waals surface area (Å²) >= 11 is 0. The molecule has 4 nitrogen and oxygen atoms in total. The van der Waals surface area contributed by atoms with Gasteiger partial charge in [0.15, 0.2) is 5.78 Å². The highest BCUT2D eigenvalue weighted by Gasteiger charge is 2.26. The highest BCUT2D eigenvalue weighted by atomic mass is 16.2. The monoisotopic (exact) mass is 242 g/mol. The molecular weight excluding hydrogens is 216 g/mol. The third kappa shape index (κ3) is 4.86. The second-order valence-corrected chi connectivity index (χ2v) is 4.42. The van der Waals surface area contributed by atoms with Gasteiger partial charge in [-0.1, -0.05) is 33.6 Å². The van der Waals surface area contributed by atoms with Gasteiger partial charge in [-0.05, 0) is 26.3 Å². The number of rotatable bonds is 8. The predicted octanol–water partition coefficient (Wildman–Crippen LogP) is 1.49. The quantitative estimate of drug-likeness (QED) is 0.678. The Labute approximate surface area is 105 Å². The Kier molecular flexibility index (Phi) is 7.79. The minimum Gasteiger partial charge on any atom is -0.345 e. The Balaban J connectivity index is 4.65. The van der Waals surface area contributed by atoms with Gasteiger partial charge < -0.3 is 10.6 Å². The van der Waals surface area contributed by atoms with Crippen molar-refractivity contribution in [1.82, 2.24) is 10.6 Å². The molecule has 0 rings (SSSR count). The molecule has 100 valence electrons. The highest BCUT2D eigenvalue weighted by molar-refractivity contribution is 5.89. The molecule has 1 amide bonds. The SMILES string of the molecule is CCC(CC)[C@H](NC(=O)[C@H](CC)NC)C(C)=O. The summed E-state index contributed by atoms with van der Waals surface area (Å²) in [6.45, 7) is 7.58. The Morgan fingerprint density at radius 1 is 1.06 bits per heavy atom. The van der Waals surface area contributed by atoms with E-state index in [0.717, 1.165) is 19.3 Å². The minimum absolute atomic E-state index is 0.0398. The van der Waals surface area contributed by atoms with Crippen molar-refractivity contribution in [3.63, 3.8) is 0 Å². The lowest BCUT2D eigenvalue weighted by Crippen LogP contribution is -2.51. The van der Waals surface area contributed by atoms with Crippen LogP contribution in [0.4, 0.5) is 0 Å². The van der Waals surface area contributed by atoms with Crippen molar-refractivity contribution in [3.05, 3.63) is 0 Å². The predicted molar refractivity (Wildman–Crippen MR) is 69.8 cm³/mol. The first kappa shape index (κ1) is 16.1. The van der Waals surface area contributed by atoms with Crippen LogP contribution in [-0.4, -0.2) is 30.8 Å². The molecule has 0 heterocycles. The lowest BCUT2D eigenvalue weighted by Gasteiger charge is -2.26. The van der Waals surface area contributed by atoms with Crippen LogP contribution in [0.2, 0.25) is 0 Å². The number of Topliss-reactive ketones (excluding diaryl/α,β-unsaturated/α-hetero) is 1. The molecule has 0 radical (unpaired) electrons. The van der Waals surface area contributed by atoms with Crippen LogP contribution in [0.15, 0.2) is 0 Å². The van der Waals surface area contributed by atoms with Gasteiger partial charge in [-0.15, -0.1) is 0 Å². The molecule has 4 heteroatoms. The summed E-state index contributed by atoms with van der Waals surface area (Å²) in [7, 11) is 1.76. The molecule has 0 aliphatic rings. The fourth-order valence-corrected chi connectivity index (χ4v) is 2.09. The maximum atomic E-state index is 11.9. The van der Waals surface area contributed by atoms with Crippen LogP contribution in [0.5, 0.6) is 0 Å². The summed E-state index contributed by atoms with van der Waals surface area (Å²) in [5.74, 6) is 0.186. The van der Waals surface area contributed by atoms with E-state index in [1.165, 1.54) is 0 Å². The number of hydrogen-bond acceptors (Lipinski definition) is 3. The first-order chi connectivity index (χ1) is 8.01. The molecule has 0 saturated heterocycles. The summed E-state index contributed by atoms with van der Waals surface area (Å²) < 4.78 is 0. The van der Waals surface area contributed by atoms with E-state index in [1.807, 2.05) is 20.8 Å². The average Bonchev–Trinajstić information content (AvgIpc) is 2.30. The maximum Gasteiger partial charge on any atom is 0.237 e. The van der Waals surface area contributed by atoms with E-state index in [0.29, 0.717) is 0 Å². The zero-order valence-corrected chi connectivity index (χ0v) is 11.7. The van der Waals surface area contributed by atoms with E-state index in [4.69, 9.17) is 0 Å². The van der Waals surface area contributed by atoms with Gasteiger partial charge in [0.05, 0.1) is 12.1 Å². The minimum atomic E-state index is -0.347. The number of likely N-dealkylation sites (N-methyl/N-ethyl adjacent to an activating group) is 1. The molecular formula is C13H26N2O2. The number of carbonyl (C=O) groups is 2. The van der Waals surface area contributed by atoms with E-state index in [2.05, 4.69) is 10.6 Å². The van der Waals surface area contributed by atoms with Crippen molar-refractivity contribution >= 4 is 11.7 Å². The smallest absolute Gasteiger partial charge is 0.237 e. The van der Waals surface area contributed by atoms with Gasteiger partial charge in [0.25, 0.3) is 0 Å². The fourth-order valence-electron chi connectivity index (χ4n) is 2.09. The largest absolute Gasteiger partial charge is 0.345 e. The third-order valence-corrected chi connectivity index (χ3v) is 3.33. The molecule has 0 aromatic heterocycles.